The van der Waals surface area contributed by atoms with E-state index in [1.807, 2.05) is 4.68 Å². The van der Waals surface area contributed by atoms with Crippen LogP contribution in [0.15, 0.2) is 6.33 Å². The highest BCUT2D eigenvalue weighted by atomic mass is 16.5. The molecule has 0 saturated carbocycles. The van der Waals surface area contributed by atoms with E-state index >= 15 is 0 Å². The molecule has 0 spiro atoms. The van der Waals surface area contributed by atoms with Gasteiger partial charge >= 0.3 is 0 Å². The zero-order valence-electron chi connectivity index (χ0n) is 12.7. The molecule has 5 heteroatoms. The maximum absolute atomic E-state index is 5.13. The van der Waals surface area contributed by atoms with Gasteiger partial charge in [0.1, 0.15) is 12.2 Å². The van der Waals surface area contributed by atoms with Crippen LogP contribution in [0.5, 0.6) is 0 Å². The number of nitrogens with one attached hydrogen (secondary N) is 1. The average Bonchev–Trinajstić information content (AvgIpc) is 2.84. The summed E-state index contributed by atoms with van der Waals surface area (Å²) in [4.78, 5) is 4.39. The molecule has 0 aliphatic heterocycles. The highest BCUT2D eigenvalue weighted by molar-refractivity contribution is 4.91. The van der Waals surface area contributed by atoms with Gasteiger partial charge in [-0.25, -0.2) is 9.67 Å². The maximum Gasteiger partial charge on any atom is 0.138 e. The Morgan fingerprint density at radius 1 is 1.42 bits per heavy atom. The lowest BCUT2D eigenvalue weighted by atomic mass is 10.1. The van der Waals surface area contributed by atoms with Crippen LogP contribution in [-0.2, 0) is 11.2 Å². The highest BCUT2D eigenvalue weighted by Gasteiger charge is 2.14. The van der Waals surface area contributed by atoms with E-state index < -0.39 is 0 Å². The number of aromatic nitrogens is 3. The van der Waals surface area contributed by atoms with Crippen LogP contribution in [0.1, 0.15) is 51.9 Å². The Bertz CT molecular complexity index is 338. The molecule has 0 aliphatic carbocycles. The standard InChI is InChI=1S/C14H28N4O/c1-5-8-15-13(7-6-9-19-4)10-14-16-11-17-18(14)12(2)3/h11-13,15H,5-10H2,1-4H3. The molecule has 0 bridgehead atoms. The second-order valence-electron chi connectivity index (χ2n) is 5.20. The normalized spacial score (nSPS) is 13.1. The van der Waals surface area contributed by atoms with Crippen molar-refractivity contribution in [1.82, 2.24) is 20.1 Å². The molecule has 1 heterocycles. The molecule has 1 aromatic rings. The van der Waals surface area contributed by atoms with Crippen LogP contribution in [0.4, 0.5) is 0 Å². The first kappa shape index (κ1) is 16.1. The summed E-state index contributed by atoms with van der Waals surface area (Å²) in [5, 5.41) is 7.89. The van der Waals surface area contributed by atoms with Crippen LogP contribution in [0.3, 0.4) is 0 Å². The largest absolute Gasteiger partial charge is 0.385 e. The summed E-state index contributed by atoms with van der Waals surface area (Å²) >= 11 is 0. The van der Waals surface area contributed by atoms with Gasteiger partial charge < -0.3 is 10.1 Å². The quantitative estimate of drug-likeness (QED) is 0.661. The van der Waals surface area contributed by atoms with E-state index in [2.05, 4.69) is 36.2 Å². The molecule has 5 nitrogen and oxygen atoms in total. The lowest BCUT2D eigenvalue weighted by Gasteiger charge is -2.19. The van der Waals surface area contributed by atoms with Gasteiger partial charge in [0.2, 0.25) is 0 Å². The first-order valence-electron chi connectivity index (χ1n) is 7.29. The molecule has 0 radical (unpaired) electrons. The number of rotatable bonds is 10. The summed E-state index contributed by atoms with van der Waals surface area (Å²) in [6.07, 6.45) is 5.92. The van der Waals surface area contributed by atoms with Gasteiger partial charge in [-0.3, -0.25) is 0 Å². The number of hydrogen-bond acceptors (Lipinski definition) is 4. The van der Waals surface area contributed by atoms with Crippen molar-refractivity contribution in [2.75, 3.05) is 20.3 Å². The van der Waals surface area contributed by atoms with Crippen molar-refractivity contribution in [3.8, 4) is 0 Å². The molecule has 1 N–H and O–H groups in total. The Hall–Kier alpha value is -0.940. The molecule has 1 aromatic heterocycles. The maximum atomic E-state index is 5.13. The summed E-state index contributed by atoms with van der Waals surface area (Å²) in [6.45, 7) is 8.33. The van der Waals surface area contributed by atoms with Crippen LogP contribution in [0, 0.1) is 0 Å². The molecule has 0 aliphatic rings. The Morgan fingerprint density at radius 3 is 2.84 bits per heavy atom. The van der Waals surface area contributed by atoms with Gasteiger partial charge in [-0.05, 0) is 39.7 Å². The third-order valence-corrected chi connectivity index (χ3v) is 3.15. The molecule has 1 unspecified atom stereocenters. The van der Waals surface area contributed by atoms with Gasteiger partial charge in [0.25, 0.3) is 0 Å². The van der Waals surface area contributed by atoms with Gasteiger partial charge in [-0.1, -0.05) is 6.92 Å². The average molecular weight is 268 g/mol. The van der Waals surface area contributed by atoms with Gasteiger partial charge in [0, 0.05) is 32.2 Å². The zero-order valence-corrected chi connectivity index (χ0v) is 12.7. The van der Waals surface area contributed by atoms with Crippen molar-refractivity contribution in [3.63, 3.8) is 0 Å². The van der Waals surface area contributed by atoms with Gasteiger partial charge in [0.05, 0.1) is 0 Å². The number of methoxy groups -OCH3 is 1. The first-order chi connectivity index (χ1) is 9.19. The van der Waals surface area contributed by atoms with E-state index in [-0.39, 0.29) is 0 Å². The Morgan fingerprint density at radius 2 is 2.21 bits per heavy atom. The summed E-state index contributed by atoms with van der Waals surface area (Å²) in [5.41, 5.74) is 0. The fourth-order valence-electron chi connectivity index (χ4n) is 2.17. The van der Waals surface area contributed by atoms with Gasteiger partial charge in [0.15, 0.2) is 0 Å². The second kappa shape index (κ2) is 9.04. The minimum absolute atomic E-state index is 0.364. The fourth-order valence-corrected chi connectivity index (χ4v) is 2.17. The molecule has 1 atom stereocenters. The monoisotopic (exact) mass is 268 g/mol. The van der Waals surface area contributed by atoms with Crippen molar-refractivity contribution in [3.05, 3.63) is 12.2 Å². The molecular formula is C14H28N4O. The van der Waals surface area contributed by atoms with Gasteiger partial charge in [-0.2, -0.15) is 5.10 Å². The molecule has 0 amide bonds. The summed E-state index contributed by atoms with van der Waals surface area (Å²) < 4.78 is 7.14. The van der Waals surface area contributed by atoms with Crippen molar-refractivity contribution >= 4 is 0 Å². The topological polar surface area (TPSA) is 52.0 Å². The summed E-state index contributed by atoms with van der Waals surface area (Å²) in [6, 6.07) is 0.820. The van der Waals surface area contributed by atoms with E-state index in [1.54, 1.807) is 13.4 Å². The van der Waals surface area contributed by atoms with Gasteiger partial charge in [-0.15, -0.1) is 0 Å². The van der Waals surface area contributed by atoms with Crippen molar-refractivity contribution in [2.45, 2.75) is 58.5 Å². The Balaban J connectivity index is 2.56. The summed E-state index contributed by atoms with van der Waals surface area (Å²) in [5.74, 6) is 1.07. The highest BCUT2D eigenvalue weighted by Crippen LogP contribution is 2.10. The fraction of sp³-hybridized carbons (Fsp3) is 0.857. The molecule has 0 aromatic carbocycles. The third kappa shape index (κ3) is 5.70. The zero-order chi connectivity index (χ0) is 14.1. The Labute approximate surface area is 116 Å². The van der Waals surface area contributed by atoms with Crippen LogP contribution < -0.4 is 5.32 Å². The second-order valence-corrected chi connectivity index (χ2v) is 5.20. The third-order valence-electron chi connectivity index (χ3n) is 3.15. The van der Waals surface area contributed by atoms with E-state index in [9.17, 15) is 0 Å². The number of ether oxygens (including phenoxy) is 1. The van der Waals surface area contributed by atoms with E-state index in [0.717, 1.165) is 44.7 Å². The van der Waals surface area contributed by atoms with Crippen LogP contribution in [0.25, 0.3) is 0 Å². The Kier molecular flexibility index (Phi) is 7.67. The minimum atomic E-state index is 0.364. The lowest BCUT2D eigenvalue weighted by molar-refractivity contribution is 0.188. The molecule has 0 fully saturated rings. The molecule has 19 heavy (non-hydrogen) atoms. The first-order valence-corrected chi connectivity index (χ1v) is 7.29. The predicted molar refractivity (Wildman–Crippen MR) is 77.3 cm³/mol. The molecule has 110 valence electrons. The SMILES string of the molecule is CCCNC(CCCOC)Cc1ncnn1C(C)C. The minimum Gasteiger partial charge on any atom is -0.385 e. The molecule has 1 rings (SSSR count). The van der Waals surface area contributed by atoms with Crippen molar-refractivity contribution in [2.24, 2.45) is 0 Å². The van der Waals surface area contributed by atoms with E-state index in [4.69, 9.17) is 4.74 Å². The number of hydrogen-bond donors (Lipinski definition) is 1. The van der Waals surface area contributed by atoms with Crippen LogP contribution in [0.2, 0.25) is 0 Å². The molecule has 0 saturated heterocycles. The predicted octanol–water partition coefficient (Wildman–Crippen LogP) is 2.20. The van der Waals surface area contributed by atoms with E-state index in [0.29, 0.717) is 12.1 Å². The van der Waals surface area contributed by atoms with Crippen LogP contribution in [-0.4, -0.2) is 41.1 Å². The van der Waals surface area contributed by atoms with Crippen LogP contribution >= 0.6 is 0 Å². The van der Waals surface area contributed by atoms with Crippen molar-refractivity contribution < 1.29 is 4.74 Å². The molecular weight excluding hydrogens is 240 g/mol. The lowest BCUT2D eigenvalue weighted by Crippen LogP contribution is -2.33. The van der Waals surface area contributed by atoms with Crippen molar-refractivity contribution in [1.29, 1.82) is 0 Å². The van der Waals surface area contributed by atoms with E-state index in [1.165, 1.54) is 0 Å². The smallest absolute Gasteiger partial charge is 0.138 e. The number of nitrogens with zero attached hydrogens (tertiary/aromatic N) is 3. The summed E-state index contributed by atoms with van der Waals surface area (Å²) in [7, 11) is 1.75.